The molecule has 0 fully saturated rings. The molecule has 0 unspecified atom stereocenters. The first-order valence-electron chi connectivity index (χ1n) is 23.9. The second-order valence-electron chi connectivity index (χ2n) is 17.3. The van der Waals surface area contributed by atoms with E-state index in [-0.39, 0.29) is 0 Å². The highest BCUT2D eigenvalue weighted by Crippen LogP contribution is 2.40. The van der Waals surface area contributed by atoms with Crippen LogP contribution in [-0.2, 0) is 0 Å². The molecule has 0 aromatic heterocycles. The molecule has 0 atom stereocenters. The van der Waals surface area contributed by atoms with E-state index in [0.29, 0.717) is 0 Å². The molecule has 0 bridgehead atoms. The second-order valence-corrected chi connectivity index (χ2v) is 17.3. The summed E-state index contributed by atoms with van der Waals surface area (Å²) in [4.78, 5) is 4.68. The molecule has 0 heterocycles. The van der Waals surface area contributed by atoms with Crippen LogP contribution in [-0.4, -0.2) is 0 Å². The van der Waals surface area contributed by atoms with Crippen molar-refractivity contribution in [1.29, 1.82) is 0 Å². The van der Waals surface area contributed by atoms with Crippen LogP contribution in [0.3, 0.4) is 0 Å². The van der Waals surface area contributed by atoms with Gasteiger partial charge in [-0.15, -0.1) is 0 Å². The maximum Gasteiger partial charge on any atom is 0.0462 e. The van der Waals surface area contributed by atoms with Gasteiger partial charge in [0.05, 0.1) is 0 Å². The Morgan fingerprint density at radius 3 is 1.03 bits per heavy atom. The van der Waals surface area contributed by atoms with Crippen LogP contribution in [0.25, 0.3) is 55.7 Å². The number of rotatable bonds is 14. The maximum absolute atomic E-state index is 3.85. The molecule has 332 valence electrons. The minimum atomic E-state index is 1.07. The zero-order valence-corrected chi connectivity index (χ0v) is 39.0. The first kappa shape index (κ1) is 44.1. The third-order valence-corrected chi connectivity index (χ3v) is 13.0. The van der Waals surface area contributed by atoms with Crippen molar-refractivity contribution in [3.8, 4) is 44.5 Å². The van der Waals surface area contributed by atoms with Crippen molar-refractivity contribution in [3.05, 3.63) is 291 Å². The summed E-state index contributed by atoms with van der Waals surface area (Å²) in [6.07, 6.45) is 16.8. The lowest BCUT2D eigenvalue weighted by atomic mass is 9.97. The van der Waals surface area contributed by atoms with Gasteiger partial charge in [-0.3, -0.25) is 0 Å². The Bertz CT molecular complexity index is 3250. The molecule has 1 aliphatic rings. The van der Waals surface area contributed by atoms with E-state index in [4.69, 9.17) is 0 Å². The molecule has 10 rings (SSSR count). The lowest BCUT2D eigenvalue weighted by molar-refractivity contribution is 1.05. The van der Waals surface area contributed by atoms with E-state index in [2.05, 4.69) is 284 Å². The normalized spacial score (nSPS) is 12.4. The lowest BCUT2D eigenvalue weighted by Crippen LogP contribution is -2.10. The zero-order chi connectivity index (χ0) is 46.8. The Hall–Kier alpha value is -8.72. The quantitative estimate of drug-likeness (QED) is 0.100. The lowest BCUT2D eigenvalue weighted by Gasteiger charge is -2.26. The van der Waals surface area contributed by atoms with Crippen LogP contribution < -0.4 is 9.80 Å². The fourth-order valence-corrected chi connectivity index (χ4v) is 9.22. The van der Waals surface area contributed by atoms with Crippen molar-refractivity contribution in [3.63, 3.8) is 0 Å². The summed E-state index contributed by atoms with van der Waals surface area (Å²) in [5, 5.41) is 0. The standard InChI is InChI=1S/C67H54N2/c1-3-5-15-50(4-2)54-26-38-62(39-27-54)68(63-40-28-57(29-41-63)51-16-9-6-10-17-51)66-46-34-60(35-47-66)55-22-24-56(25-23-55)61-36-48-67(49-37-61)69(64-42-30-58(31-43-64)52-18-11-7-12-19-52)65-44-32-59(33-45-65)53-20-13-8-14-21-53/h3-13,15-20,22-49H,1,14,21H2,2H3/b15-5-,50-4+. The Morgan fingerprint density at radius 1 is 0.391 bits per heavy atom. The van der Waals surface area contributed by atoms with Gasteiger partial charge in [-0.05, 0) is 159 Å². The Kier molecular flexibility index (Phi) is 13.3. The van der Waals surface area contributed by atoms with Crippen molar-refractivity contribution in [2.75, 3.05) is 9.80 Å². The summed E-state index contributed by atoms with van der Waals surface area (Å²) < 4.78 is 0. The predicted molar refractivity (Wildman–Crippen MR) is 297 cm³/mol. The van der Waals surface area contributed by atoms with Crippen LogP contribution in [0.4, 0.5) is 34.1 Å². The van der Waals surface area contributed by atoms with Crippen molar-refractivity contribution < 1.29 is 0 Å². The van der Waals surface area contributed by atoms with E-state index < -0.39 is 0 Å². The average molecular weight is 887 g/mol. The topological polar surface area (TPSA) is 6.48 Å². The minimum Gasteiger partial charge on any atom is -0.311 e. The van der Waals surface area contributed by atoms with Crippen molar-refractivity contribution >= 4 is 45.3 Å². The molecular formula is C67H54N2. The van der Waals surface area contributed by atoms with Crippen LogP contribution in [0.2, 0.25) is 0 Å². The van der Waals surface area contributed by atoms with Gasteiger partial charge in [-0.25, -0.2) is 0 Å². The zero-order valence-electron chi connectivity index (χ0n) is 39.0. The summed E-state index contributed by atoms with van der Waals surface area (Å²) in [6.45, 7) is 5.92. The van der Waals surface area contributed by atoms with Crippen molar-refractivity contribution in [2.45, 2.75) is 19.8 Å². The van der Waals surface area contributed by atoms with Crippen LogP contribution in [0.15, 0.2) is 280 Å². The summed E-state index contributed by atoms with van der Waals surface area (Å²) in [5.74, 6) is 0. The highest BCUT2D eigenvalue weighted by atomic mass is 15.1. The molecule has 69 heavy (non-hydrogen) atoms. The van der Waals surface area contributed by atoms with Gasteiger partial charge in [0.2, 0.25) is 0 Å². The molecule has 0 amide bonds. The molecule has 9 aromatic rings. The minimum absolute atomic E-state index is 1.07. The molecule has 0 saturated carbocycles. The summed E-state index contributed by atoms with van der Waals surface area (Å²) >= 11 is 0. The van der Waals surface area contributed by atoms with Gasteiger partial charge in [0.15, 0.2) is 0 Å². The van der Waals surface area contributed by atoms with Gasteiger partial charge >= 0.3 is 0 Å². The molecule has 1 aliphatic carbocycles. The van der Waals surface area contributed by atoms with Gasteiger partial charge in [-0.1, -0.05) is 207 Å². The number of hydrogen-bond donors (Lipinski definition) is 0. The SMILES string of the molecule is C=C/C=C\C(=C/C)c1ccc(N(c2ccc(-c3ccccc3)cc2)c2ccc(-c3ccc(-c4ccc(N(c5ccc(C6=CC=CCC6)cc5)c5ccc(-c6ccccc6)cc5)cc4)cc3)cc2)cc1. The van der Waals surface area contributed by atoms with Crippen LogP contribution in [0.1, 0.15) is 30.9 Å². The predicted octanol–water partition coefficient (Wildman–Crippen LogP) is 19.2. The molecule has 0 radical (unpaired) electrons. The monoisotopic (exact) mass is 886 g/mol. The molecular weight excluding hydrogens is 833 g/mol. The molecule has 2 nitrogen and oxygen atoms in total. The Morgan fingerprint density at radius 2 is 0.710 bits per heavy atom. The number of benzene rings is 9. The number of nitrogens with zero attached hydrogens (tertiary/aromatic N) is 2. The first-order valence-corrected chi connectivity index (χ1v) is 23.9. The Balaban J connectivity index is 0.905. The largest absolute Gasteiger partial charge is 0.311 e. The smallest absolute Gasteiger partial charge is 0.0462 e. The van der Waals surface area contributed by atoms with Crippen molar-refractivity contribution in [2.24, 2.45) is 0 Å². The molecule has 0 spiro atoms. The van der Waals surface area contributed by atoms with Gasteiger partial charge in [-0.2, -0.15) is 0 Å². The van der Waals surface area contributed by atoms with E-state index in [1.54, 1.807) is 0 Å². The number of anilines is 6. The van der Waals surface area contributed by atoms with Crippen LogP contribution in [0, 0.1) is 0 Å². The van der Waals surface area contributed by atoms with E-state index in [0.717, 1.165) is 58.1 Å². The number of allylic oxidation sites excluding steroid dienone is 9. The van der Waals surface area contributed by atoms with Gasteiger partial charge in [0.25, 0.3) is 0 Å². The molecule has 9 aromatic carbocycles. The fourth-order valence-electron chi connectivity index (χ4n) is 9.22. The average Bonchev–Trinajstić information content (AvgIpc) is 3.43. The third kappa shape index (κ3) is 10.0. The van der Waals surface area contributed by atoms with Crippen molar-refractivity contribution in [1.82, 2.24) is 0 Å². The second kappa shape index (κ2) is 20.8. The molecule has 2 heteroatoms. The summed E-state index contributed by atoms with van der Waals surface area (Å²) in [6, 6.07) is 83.5. The van der Waals surface area contributed by atoms with E-state index in [1.807, 2.05) is 12.2 Å². The Labute approximate surface area is 408 Å². The van der Waals surface area contributed by atoms with Gasteiger partial charge in [0.1, 0.15) is 0 Å². The highest BCUT2D eigenvalue weighted by molar-refractivity contribution is 5.84. The van der Waals surface area contributed by atoms with E-state index >= 15 is 0 Å². The van der Waals surface area contributed by atoms with E-state index in [1.165, 1.54) is 55.6 Å². The van der Waals surface area contributed by atoms with E-state index in [9.17, 15) is 0 Å². The van der Waals surface area contributed by atoms with Gasteiger partial charge < -0.3 is 9.80 Å². The number of hydrogen-bond acceptors (Lipinski definition) is 2. The van der Waals surface area contributed by atoms with Gasteiger partial charge in [0, 0.05) is 34.1 Å². The molecule has 0 N–H and O–H groups in total. The molecule has 0 aliphatic heterocycles. The molecule has 0 saturated heterocycles. The summed E-state index contributed by atoms with van der Waals surface area (Å²) in [7, 11) is 0. The highest BCUT2D eigenvalue weighted by Gasteiger charge is 2.16. The summed E-state index contributed by atoms with van der Waals surface area (Å²) in [5.41, 5.74) is 21.1. The third-order valence-electron chi connectivity index (χ3n) is 13.0. The fraction of sp³-hybridized carbons (Fsp3) is 0.0448. The van der Waals surface area contributed by atoms with Crippen LogP contribution in [0.5, 0.6) is 0 Å². The van der Waals surface area contributed by atoms with Crippen LogP contribution >= 0.6 is 0 Å². The maximum atomic E-state index is 3.85. The first-order chi connectivity index (χ1) is 34.1.